The van der Waals surface area contributed by atoms with Crippen molar-refractivity contribution in [3.05, 3.63) is 0 Å². The first-order valence-corrected chi connectivity index (χ1v) is 6.30. The van der Waals surface area contributed by atoms with Gasteiger partial charge in [-0.2, -0.15) is 25.3 Å². The molecule has 17 heavy (non-hydrogen) atoms. The Bertz CT molecular complexity index is 297. The molecule has 0 unspecified atom stereocenters. The minimum Gasteiger partial charge on any atom is -0.356 e. The molecule has 0 saturated heterocycles. The van der Waals surface area contributed by atoms with Crippen LogP contribution in [0.2, 0.25) is 0 Å². The van der Waals surface area contributed by atoms with Gasteiger partial charge in [0, 0.05) is 18.6 Å². The lowest BCUT2D eigenvalue weighted by Gasteiger charge is -2.33. The molecule has 6 nitrogen and oxygen atoms in total. The normalized spacial score (nSPS) is 17.8. The zero-order valence-corrected chi connectivity index (χ0v) is 12.0. The number of carbonyl (C=O) groups is 2. The third kappa shape index (κ3) is 3.77. The molecule has 0 aliphatic carbocycles. The van der Waals surface area contributed by atoms with Crippen LogP contribution >= 0.6 is 25.3 Å². The fourth-order valence-electron chi connectivity index (χ4n) is 0.996. The quantitative estimate of drug-likeness (QED) is 0.259. The van der Waals surface area contributed by atoms with Crippen LogP contribution in [0.1, 0.15) is 6.92 Å². The highest BCUT2D eigenvalue weighted by atomic mass is 32.1. The van der Waals surface area contributed by atoms with E-state index in [2.05, 4.69) is 41.2 Å². The van der Waals surface area contributed by atoms with Crippen LogP contribution in [0.3, 0.4) is 0 Å². The predicted molar refractivity (Wildman–Crippen MR) is 74.3 cm³/mol. The molecule has 100 valence electrons. The second-order valence-corrected chi connectivity index (χ2v) is 4.54. The Hall–Kier alpha value is -0.440. The Labute approximate surface area is 112 Å². The van der Waals surface area contributed by atoms with Crippen molar-refractivity contribution in [1.82, 2.24) is 16.0 Å². The molecular formula is C9H20N4O2S2. The largest absolute Gasteiger partial charge is 0.356 e. The number of nitrogens with two attached hydrogens (primary N) is 1. The van der Waals surface area contributed by atoms with E-state index >= 15 is 0 Å². The second kappa shape index (κ2) is 6.48. The molecule has 0 aromatic rings. The number of likely N-dealkylation sites (N-methyl/N-ethyl adjacent to an activating group) is 2. The van der Waals surface area contributed by atoms with Gasteiger partial charge in [0.15, 0.2) is 5.66 Å². The molecule has 0 aromatic heterocycles. The van der Waals surface area contributed by atoms with Gasteiger partial charge < -0.3 is 21.7 Å². The van der Waals surface area contributed by atoms with Crippen LogP contribution in [-0.4, -0.2) is 48.6 Å². The highest BCUT2D eigenvalue weighted by molar-refractivity contribution is 7.80. The van der Waals surface area contributed by atoms with E-state index in [0.717, 1.165) is 0 Å². The van der Waals surface area contributed by atoms with E-state index in [0.29, 0.717) is 0 Å². The topological polar surface area (TPSA) is 96.2 Å². The van der Waals surface area contributed by atoms with Crippen molar-refractivity contribution in [2.45, 2.75) is 18.1 Å². The summed E-state index contributed by atoms with van der Waals surface area (Å²) >= 11 is 8.07. The fraction of sp³-hybridized carbons (Fsp3) is 0.778. The number of hydrogen-bond donors (Lipinski definition) is 6. The summed E-state index contributed by atoms with van der Waals surface area (Å²) in [6.07, 6.45) is 0. The summed E-state index contributed by atoms with van der Waals surface area (Å²) in [5, 5.41) is 7.69. The zero-order valence-electron chi connectivity index (χ0n) is 10.2. The van der Waals surface area contributed by atoms with Crippen molar-refractivity contribution in [3.8, 4) is 0 Å². The summed E-state index contributed by atoms with van der Waals surface area (Å²) in [6, 6.07) is 0. The van der Waals surface area contributed by atoms with Crippen molar-refractivity contribution in [2.24, 2.45) is 5.73 Å². The summed E-state index contributed by atoms with van der Waals surface area (Å²) in [6.45, 7) is 1.66. The molecule has 0 saturated carbocycles. The molecule has 0 aromatic carbocycles. The van der Waals surface area contributed by atoms with Crippen molar-refractivity contribution >= 4 is 37.1 Å². The Balaban J connectivity index is 4.92. The lowest BCUT2D eigenvalue weighted by Crippen LogP contribution is -2.70. The Morgan fingerprint density at radius 2 is 1.71 bits per heavy atom. The maximum absolute atomic E-state index is 12.0. The summed E-state index contributed by atoms with van der Waals surface area (Å²) < 4.78 is 0. The van der Waals surface area contributed by atoms with Crippen LogP contribution in [0.5, 0.6) is 0 Å². The molecule has 0 bridgehead atoms. The van der Waals surface area contributed by atoms with Crippen LogP contribution < -0.4 is 21.7 Å². The molecule has 0 aliphatic heterocycles. The van der Waals surface area contributed by atoms with E-state index in [1.165, 1.54) is 7.05 Å². The third-order valence-corrected chi connectivity index (χ3v) is 3.72. The van der Waals surface area contributed by atoms with Crippen molar-refractivity contribution in [1.29, 1.82) is 0 Å². The highest BCUT2D eigenvalue weighted by Crippen LogP contribution is 2.08. The number of thiol groups is 2. The van der Waals surface area contributed by atoms with E-state index in [9.17, 15) is 9.59 Å². The van der Waals surface area contributed by atoms with E-state index in [-0.39, 0.29) is 11.5 Å². The molecule has 5 N–H and O–H groups in total. The first-order valence-electron chi connectivity index (χ1n) is 5.04. The van der Waals surface area contributed by atoms with Gasteiger partial charge in [-0.3, -0.25) is 9.59 Å². The van der Waals surface area contributed by atoms with E-state index < -0.39 is 23.0 Å². The van der Waals surface area contributed by atoms with E-state index in [1.807, 2.05) is 0 Å². The standard InChI is InChI=1S/C9H20N4O2S2/c1-8(4-16,12-3)6(14)13-9(10,5-17)7(15)11-2/h12,16-17H,4-5,10H2,1-3H3,(H,11,15)(H,13,14)/t8-,9-/m1/s1. The summed E-state index contributed by atoms with van der Waals surface area (Å²) in [5.74, 6) is -0.648. The van der Waals surface area contributed by atoms with Gasteiger partial charge in [-0.25, -0.2) is 0 Å². The van der Waals surface area contributed by atoms with Gasteiger partial charge in [-0.05, 0) is 14.0 Å². The minimum atomic E-state index is -1.53. The predicted octanol–water partition coefficient (Wildman–Crippen LogP) is -1.66. The van der Waals surface area contributed by atoms with Crippen LogP contribution in [-0.2, 0) is 9.59 Å². The molecule has 8 heteroatoms. The molecule has 0 aliphatic rings. The van der Waals surface area contributed by atoms with Gasteiger partial charge in [0.2, 0.25) is 5.91 Å². The van der Waals surface area contributed by atoms with E-state index in [1.54, 1.807) is 14.0 Å². The van der Waals surface area contributed by atoms with Gasteiger partial charge in [0.1, 0.15) is 5.54 Å². The molecular weight excluding hydrogens is 260 g/mol. The van der Waals surface area contributed by atoms with Crippen LogP contribution in [0.4, 0.5) is 0 Å². The molecule has 2 amide bonds. The van der Waals surface area contributed by atoms with Crippen LogP contribution in [0, 0.1) is 0 Å². The monoisotopic (exact) mass is 280 g/mol. The lowest BCUT2D eigenvalue weighted by atomic mass is 10.0. The Kier molecular flexibility index (Phi) is 6.31. The van der Waals surface area contributed by atoms with E-state index in [4.69, 9.17) is 5.73 Å². The lowest BCUT2D eigenvalue weighted by molar-refractivity contribution is -0.134. The van der Waals surface area contributed by atoms with Crippen LogP contribution in [0.15, 0.2) is 0 Å². The van der Waals surface area contributed by atoms with Crippen LogP contribution in [0.25, 0.3) is 0 Å². The SMILES string of the molecule is CNC(=O)[C@@](N)(CS)NC(=O)[C@@](C)(CS)NC. The van der Waals surface area contributed by atoms with Gasteiger partial charge in [0.05, 0.1) is 0 Å². The maximum Gasteiger partial charge on any atom is 0.261 e. The second-order valence-electron chi connectivity index (χ2n) is 3.90. The number of hydrogen-bond acceptors (Lipinski definition) is 6. The van der Waals surface area contributed by atoms with Crippen molar-refractivity contribution < 1.29 is 9.59 Å². The number of amides is 2. The summed E-state index contributed by atoms with van der Waals surface area (Å²) in [5.41, 5.74) is 3.36. The molecule has 0 spiro atoms. The molecule has 2 atom stereocenters. The van der Waals surface area contributed by atoms with Gasteiger partial charge in [-0.15, -0.1) is 0 Å². The molecule has 0 rings (SSSR count). The van der Waals surface area contributed by atoms with Gasteiger partial charge >= 0.3 is 0 Å². The number of nitrogens with one attached hydrogen (secondary N) is 3. The highest BCUT2D eigenvalue weighted by Gasteiger charge is 2.39. The average molecular weight is 280 g/mol. The van der Waals surface area contributed by atoms with Crippen molar-refractivity contribution in [2.75, 3.05) is 25.6 Å². The molecule has 0 heterocycles. The summed E-state index contributed by atoms with van der Waals surface area (Å²) in [4.78, 5) is 23.6. The fourth-order valence-corrected chi connectivity index (χ4v) is 1.52. The average Bonchev–Trinajstić information content (AvgIpc) is 2.36. The number of carbonyl (C=O) groups excluding carboxylic acids is 2. The molecule has 0 radical (unpaired) electrons. The Morgan fingerprint density at radius 1 is 1.18 bits per heavy atom. The maximum atomic E-state index is 12.0. The third-order valence-electron chi connectivity index (χ3n) is 2.59. The zero-order chi connectivity index (χ0) is 13.7. The van der Waals surface area contributed by atoms with Crippen molar-refractivity contribution in [3.63, 3.8) is 0 Å². The molecule has 0 fully saturated rings. The Morgan fingerprint density at radius 3 is 2.00 bits per heavy atom. The first-order chi connectivity index (χ1) is 7.79. The smallest absolute Gasteiger partial charge is 0.261 e. The number of rotatable bonds is 6. The van der Waals surface area contributed by atoms with Gasteiger partial charge in [-0.1, -0.05) is 0 Å². The van der Waals surface area contributed by atoms with Gasteiger partial charge in [0.25, 0.3) is 5.91 Å². The first kappa shape index (κ1) is 16.6. The minimum absolute atomic E-state index is 0.00915. The summed E-state index contributed by atoms with van der Waals surface area (Å²) in [7, 11) is 3.07.